The fourth-order valence-corrected chi connectivity index (χ4v) is 5.13. The third-order valence-electron chi connectivity index (χ3n) is 8.06. The first-order chi connectivity index (χ1) is 18.6. The molecule has 1 aromatic carbocycles. The minimum Gasteiger partial charge on any atom is -0.496 e. The summed E-state index contributed by atoms with van der Waals surface area (Å²) in [6, 6.07) is 7.02. The highest BCUT2D eigenvalue weighted by Gasteiger charge is 2.46. The van der Waals surface area contributed by atoms with E-state index in [9.17, 15) is 14.4 Å². The summed E-state index contributed by atoms with van der Waals surface area (Å²) in [7, 11) is 1.62. The van der Waals surface area contributed by atoms with Gasteiger partial charge in [-0.15, -0.1) is 0 Å². The molecule has 0 spiro atoms. The summed E-state index contributed by atoms with van der Waals surface area (Å²) >= 11 is 0. The molecule has 2 fully saturated rings. The van der Waals surface area contributed by atoms with Crippen LogP contribution in [0.2, 0.25) is 0 Å². The van der Waals surface area contributed by atoms with E-state index >= 15 is 0 Å². The van der Waals surface area contributed by atoms with E-state index in [0.29, 0.717) is 37.8 Å². The quantitative estimate of drug-likeness (QED) is 0.380. The van der Waals surface area contributed by atoms with Crippen LogP contribution in [0.25, 0.3) is 0 Å². The zero-order valence-corrected chi connectivity index (χ0v) is 24.6. The van der Waals surface area contributed by atoms with E-state index in [-0.39, 0.29) is 30.8 Å². The van der Waals surface area contributed by atoms with Gasteiger partial charge in [-0.2, -0.15) is 0 Å². The Hall–Kier alpha value is -2.65. The highest BCUT2D eigenvalue weighted by Crippen LogP contribution is 2.32. The standard InChI is InChI=1S/C30H47N3O6/c1-7-22(3)32(29(36)33(27(34)8-2)30(4,5)28(35)31-16-11-17-31)20-26(24-12-9-10-13-25(24)37-6)39-21-23-14-18-38-19-15-23/h9-10,12-13,22-23,26H,7-8,11,14-21H2,1-6H3/t22?,26-/m0/s1. The molecule has 0 saturated carbocycles. The third kappa shape index (κ3) is 7.31. The minimum atomic E-state index is -1.31. The van der Waals surface area contributed by atoms with E-state index in [0.717, 1.165) is 38.0 Å². The number of rotatable bonds is 12. The lowest BCUT2D eigenvalue weighted by Crippen LogP contribution is -2.65. The monoisotopic (exact) mass is 545 g/mol. The number of imide groups is 1. The number of likely N-dealkylation sites (tertiary alicyclic amines) is 1. The molecule has 2 saturated heterocycles. The molecule has 9 heteroatoms. The number of para-hydroxylation sites is 1. The number of carbonyl (C=O) groups is 3. The number of methoxy groups -OCH3 is 1. The van der Waals surface area contributed by atoms with Crippen molar-refractivity contribution in [1.82, 2.24) is 14.7 Å². The van der Waals surface area contributed by atoms with Crippen molar-refractivity contribution in [2.24, 2.45) is 5.92 Å². The Morgan fingerprint density at radius 2 is 1.79 bits per heavy atom. The van der Waals surface area contributed by atoms with Gasteiger partial charge in [0, 0.05) is 44.3 Å². The maximum atomic E-state index is 14.3. The van der Waals surface area contributed by atoms with Gasteiger partial charge < -0.3 is 24.0 Å². The fraction of sp³-hybridized carbons (Fsp3) is 0.700. The zero-order chi connectivity index (χ0) is 28.6. The smallest absolute Gasteiger partial charge is 0.327 e. The highest BCUT2D eigenvalue weighted by molar-refractivity contribution is 6.01. The average Bonchev–Trinajstić information content (AvgIpc) is 2.92. The van der Waals surface area contributed by atoms with Crippen LogP contribution in [-0.2, 0) is 19.1 Å². The first kappa shape index (κ1) is 30.9. The van der Waals surface area contributed by atoms with Crippen LogP contribution < -0.4 is 4.74 Å². The number of ether oxygens (including phenoxy) is 3. The van der Waals surface area contributed by atoms with Gasteiger partial charge in [-0.3, -0.25) is 9.59 Å². The van der Waals surface area contributed by atoms with Gasteiger partial charge in [-0.25, -0.2) is 9.69 Å². The predicted molar refractivity (Wildman–Crippen MR) is 149 cm³/mol. The zero-order valence-electron chi connectivity index (χ0n) is 24.6. The SMILES string of the molecule is CCC(=O)N(C(=O)N(C[C@H](OCC1CCOCC1)c1ccccc1OC)C(C)CC)C(C)(C)C(=O)N1CCC1. The summed E-state index contributed by atoms with van der Waals surface area (Å²) in [4.78, 5) is 45.6. The van der Waals surface area contributed by atoms with Gasteiger partial charge in [0.25, 0.3) is 0 Å². The van der Waals surface area contributed by atoms with E-state index in [2.05, 4.69) is 0 Å². The predicted octanol–water partition coefficient (Wildman–Crippen LogP) is 4.65. The molecule has 2 heterocycles. The lowest BCUT2D eigenvalue weighted by atomic mass is 9.97. The lowest BCUT2D eigenvalue weighted by Gasteiger charge is -2.45. The summed E-state index contributed by atoms with van der Waals surface area (Å²) in [6.45, 7) is 12.5. The van der Waals surface area contributed by atoms with Crippen molar-refractivity contribution in [3.63, 3.8) is 0 Å². The second-order valence-electron chi connectivity index (χ2n) is 11.1. The Labute approximate surface area is 233 Å². The van der Waals surface area contributed by atoms with Gasteiger partial charge in [-0.1, -0.05) is 32.0 Å². The van der Waals surface area contributed by atoms with Crippen molar-refractivity contribution in [2.75, 3.05) is 46.6 Å². The van der Waals surface area contributed by atoms with Crippen molar-refractivity contribution < 1.29 is 28.6 Å². The summed E-state index contributed by atoms with van der Waals surface area (Å²) in [5.41, 5.74) is -0.461. The molecule has 0 aromatic heterocycles. The van der Waals surface area contributed by atoms with Crippen LogP contribution in [0.5, 0.6) is 5.75 Å². The molecule has 1 unspecified atom stereocenters. The fourth-order valence-electron chi connectivity index (χ4n) is 5.13. The number of nitrogens with zero attached hydrogens (tertiary/aromatic N) is 3. The van der Waals surface area contributed by atoms with Gasteiger partial charge in [0.05, 0.1) is 20.3 Å². The molecule has 39 heavy (non-hydrogen) atoms. The van der Waals surface area contributed by atoms with E-state index in [1.807, 2.05) is 38.1 Å². The van der Waals surface area contributed by atoms with Gasteiger partial charge in [0.2, 0.25) is 11.8 Å². The van der Waals surface area contributed by atoms with Gasteiger partial charge in [-0.05, 0) is 58.4 Å². The van der Waals surface area contributed by atoms with Gasteiger partial charge >= 0.3 is 6.03 Å². The topological polar surface area (TPSA) is 88.6 Å². The van der Waals surface area contributed by atoms with E-state index in [1.165, 1.54) is 4.90 Å². The van der Waals surface area contributed by atoms with Crippen LogP contribution in [0.3, 0.4) is 0 Å². The first-order valence-corrected chi connectivity index (χ1v) is 14.4. The Balaban J connectivity index is 1.95. The molecule has 0 radical (unpaired) electrons. The minimum absolute atomic E-state index is 0.118. The summed E-state index contributed by atoms with van der Waals surface area (Å²) in [6.07, 6.45) is 3.11. The number of amides is 4. The second-order valence-corrected chi connectivity index (χ2v) is 11.1. The Morgan fingerprint density at radius 3 is 2.36 bits per heavy atom. The third-order valence-corrected chi connectivity index (χ3v) is 8.06. The summed E-state index contributed by atoms with van der Waals surface area (Å²) in [5.74, 6) is 0.477. The van der Waals surface area contributed by atoms with Crippen LogP contribution in [0.4, 0.5) is 4.79 Å². The molecule has 3 rings (SSSR count). The molecule has 9 nitrogen and oxygen atoms in total. The number of benzene rings is 1. The van der Waals surface area contributed by atoms with Crippen LogP contribution in [0, 0.1) is 5.92 Å². The molecule has 0 aliphatic carbocycles. The van der Waals surface area contributed by atoms with Crippen molar-refractivity contribution in [3.8, 4) is 5.75 Å². The molecule has 2 aliphatic rings. The summed E-state index contributed by atoms with van der Waals surface area (Å²) < 4.78 is 17.7. The molecule has 4 amide bonds. The molecule has 0 bridgehead atoms. The van der Waals surface area contributed by atoms with E-state index in [1.54, 1.807) is 37.7 Å². The molecule has 2 aliphatic heterocycles. The van der Waals surface area contributed by atoms with Crippen molar-refractivity contribution in [2.45, 2.75) is 84.4 Å². The number of hydrogen-bond donors (Lipinski definition) is 0. The molecule has 0 N–H and O–H groups in total. The maximum absolute atomic E-state index is 14.3. The Kier molecular flexibility index (Phi) is 11.2. The number of hydrogen-bond acceptors (Lipinski definition) is 6. The molecular weight excluding hydrogens is 498 g/mol. The number of carbonyl (C=O) groups excluding carboxylic acids is 3. The van der Waals surface area contributed by atoms with Gasteiger partial charge in [0.15, 0.2) is 0 Å². The van der Waals surface area contributed by atoms with Crippen LogP contribution in [-0.4, -0.2) is 90.7 Å². The maximum Gasteiger partial charge on any atom is 0.327 e. The van der Waals surface area contributed by atoms with Gasteiger partial charge in [0.1, 0.15) is 17.4 Å². The Morgan fingerprint density at radius 1 is 1.13 bits per heavy atom. The number of urea groups is 1. The second kappa shape index (κ2) is 14.1. The molecule has 2 atom stereocenters. The molecular formula is C30H47N3O6. The first-order valence-electron chi connectivity index (χ1n) is 14.4. The Bertz CT molecular complexity index is 973. The summed E-state index contributed by atoms with van der Waals surface area (Å²) in [5, 5.41) is 0. The van der Waals surface area contributed by atoms with Crippen LogP contribution in [0.1, 0.15) is 78.4 Å². The average molecular weight is 546 g/mol. The van der Waals surface area contributed by atoms with E-state index < -0.39 is 17.7 Å². The van der Waals surface area contributed by atoms with Crippen molar-refractivity contribution >= 4 is 17.8 Å². The van der Waals surface area contributed by atoms with Crippen LogP contribution >= 0.6 is 0 Å². The highest BCUT2D eigenvalue weighted by atomic mass is 16.5. The normalized spacial score (nSPS) is 17.6. The lowest BCUT2D eigenvalue weighted by molar-refractivity contribution is -0.151. The molecule has 218 valence electrons. The van der Waals surface area contributed by atoms with E-state index in [4.69, 9.17) is 14.2 Å². The van der Waals surface area contributed by atoms with Crippen molar-refractivity contribution in [1.29, 1.82) is 0 Å². The largest absolute Gasteiger partial charge is 0.496 e. The molecule has 1 aromatic rings. The van der Waals surface area contributed by atoms with Crippen LogP contribution in [0.15, 0.2) is 24.3 Å². The van der Waals surface area contributed by atoms with Crippen molar-refractivity contribution in [3.05, 3.63) is 29.8 Å².